The Balaban J connectivity index is 2.72. The van der Waals surface area contributed by atoms with Gasteiger partial charge in [-0.15, -0.1) is 0 Å². The highest BCUT2D eigenvalue weighted by Gasteiger charge is 2.12. The molecule has 0 atom stereocenters. The molecule has 0 radical (unpaired) electrons. The van der Waals surface area contributed by atoms with Gasteiger partial charge in [-0.05, 0) is 19.1 Å². The molecule has 1 aromatic carbocycles. The average molecular weight is 208 g/mol. The molecular weight excluding hydrogens is 192 g/mol. The van der Waals surface area contributed by atoms with Gasteiger partial charge in [0.2, 0.25) is 0 Å². The lowest BCUT2D eigenvalue weighted by molar-refractivity contribution is -0.122. The van der Waals surface area contributed by atoms with Crippen molar-refractivity contribution in [3.05, 3.63) is 24.3 Å². The van der Waals surface area contributed by atoms with Crippen LogP contribution in [0.2, 0.25) is 0 Å². The van der Waals surface area contributed by atoms with Crippen LogP contribution in [0, 0.1) is 0 Å². The van der Waals surface area contributed by atoms with Gasteiger partial charge >= 0.3 is 0 Å². The Morgan fingerprint density at radius 1 is 1.47 bits per heavy atom. The molecule has 0 aliphatic carbocycles. The summed E-state index contributed by atoms with van der Waals surface area (Å²) in [6, 6.07) is 7.24. The van der Waals surface area contributed by atoms with Crippen molar-refractivity contribution in [1.29, 1.82) is 0 Å². The first-order chi connectivity index (χ1) is 7.16. The second-order valence-electron chi connectivity index (χ2n) is 3.15. The van der Waals surface area contributed by atoms with Crippen molar-refractivity contribution in [2.45, 2.75) is 6.92 Å². The molecule has 2 N–H and O–H groups in total. The van der Waals surface area contributed by atoms with Gasteiger partial charge in [0.25, 0.3) is 5.91 Å². The van der Waals surface area contributed by atoms with E-state index in [2.05, 4.69) is 0 Å². The van der Waals surface area contributed by atoms with Gasteiger partial charge in [0, 0.05) is 13.7 Å². The van der Waals surface area contributed by atoms with Crippen LogP contribution in [0.4, 0.5) is 11.4 Å². The summed E-state index contributed by atoms with van der Waals surface area (Å²) in [5.74, 6) is -0.102. The lowest BCUT2D eigenvalue weighted by Crippen LogP contribution is -2.30. The van der Waals surface area contributed by atoms with E-state index in [1.807, 2.05) is 19.1 Å². The lowest BCUT2D eigenvalue weighted by Gasteiger charge is -2.18. The second-order valence-corrected chi connectivity index (χ2v) is 3.15. The molecule has 0 saturated carbocycles. The van der Waals surface area contributed by atoms with Gasteiger partial charge in [-0.3, -0.25) is 4.79 Å². The van der Waals surface area contributed by atoms with Gasteiger partial charge in [-0.2, -0.15) is 0 Å². The number of nitrogens with two attached hydrogens (primary N) is 1. The quantitative estimate of drug-likeness (QED) is 0.758. The first-order valence-corrected chi connectivity index (χ1v) is 4.85. The lowest BCUT2D eigenvalue weighted by atomic mass is 10.2. The molecule has 0 saturated heterocycles. The molecule has 0 heterocycles. The number of para-hydroxylation sites is 2. The molecule has 0 bridgehead atoms. The Labute approximate surface area is 89.6 Å². The molecule has 0 aliphatic rings. The Morgan fingerprint density at radius 3 is 2.73 bits per heavy atom. The number of nitrogen functional groups attached to an aromatic ring is 1. The predicted octanol–water partition coefficient (Wildman–Crippen LogP) is 1.27. The van der Waals surface area contributed by atoms with E-state index in [-0.39, 0.29) is 12.5 Å². The predicted molar refractivity (Wildman–Crippen MR) is 60.8 cm³/mol. The van der Waals surface area contributed by atoms with Crippen LogP contribution in [0.1, 0.15) is 6.92 Å². The molecule has 15 heavy (non-hydrogen) atoms. The summed E-state index contributed by atoms with van der Waals surface area (Å²) in [6.07, 6.45) is 0. The summed E-state index contributed by atoms with van der Waals surface area (Å²) in [5.41, 5.74) is 7.05. The zero-order valence-corrected chi connectivity index (χ0v) is 9.06. The van der Waals surface area contributed by atoms with Crippen LogP contribution >= 0.6 is 0 Å². The van der Waals surface area contributed by atoms with Crippen LogP contribution in [0.25, 0.3) is 0 Å². The van der Waals surface area contributed by atoms with E-state index < -0.39 is 0 Å². The van der Waals surface area contributed by atoms with Crippen LogP contribution in [0.5, 0.6) is 0 Å². The van der Waals surface area contributed by atoms with Crippen LogP contribution in [0.3, 0.4) is 0 Å². The Kier molecular flexibility index (Phi) is 4.12. The summed E-state index contributed by atoms with van der Waals surface area (Å²) < 4.78 is 5.05. The minimum absolute atomic E-state index is 0.0847. The van der Waals surface area contributed by atoms with E-state index in [9.17, 15) is 4.79 Å². The highest BCUT2D eigenvalue weighted by atomic mass is 16.5. The maximum absolute atomic E-state index is 11.6. The average Bonchev–Trinajstić information content (AvgIpc) is 2.25. The van der Waals surface area contributed by atoms with Crippen molar-refractivity contribution in [3.63, 3.8) is 0 Å². The molecule has 4 heteroatoms. The van der Waals surface area contributed by atoms with Crippen LogP contribution in [-0.2, 0) is 9.53 Å². The van der Waals surface area contributed by atoms with Crippen LogP contribution < -0.4 is 10.6 Å². The van der Waals surface area contributed by atoms with Crippen molar-refractivity contribution < 1.29 is 9.53 Å². The fourth-order valence-electron chi connectivity index (χ4n) is 1.21. The number of carbonyl (C=O) groups excluding carboxylic acids is 1. The second kappa shape index (κ2) is 5.36. The molecule has 0 unspecified atom stereocenters. The first-order valence-electron chi connectivity index (χ1n) is 4.85. The molecule has 4 nitrogen and oxygen atoms in total. The Hall–Kier alpha value is -1.55. The highest BCUT2D eigenvalue weighted by Crippen LogP contribution is 2.20. The SMILES string of the molecule is CCOCC(=O)N(C)c1ccccc1N. The highest BCUT2D eigenvalue weighted by molar-refractivity contribution is 5.96. The number of carbonyl (C=O) groups is 1. The molecule has 0 fully saturated rings. The monoisotopic (exact) mass is 208 g/mol. The number of amides is 1. The minimum Gasteiger partial charge on any atom is -0.397 e. The Morgan fingerprint density at radius 2 is 2.13 bits per heavy atom. The number of anilines is 2. The third-order valence-corrected chi connectivity index (χ3v) is 2.10. The smallest absolute Gasteiger partial charge is 0.252 e. The van der Waals surface area contributed by atoms with E-state index in [0.29, 0.717) is 18.0 Å². The standard InChI is InChI=1S/C11H16N2O2/c1-3-15-8-11(14)13(2)10-7-5-4-6-9(10)12/h4-7H,3,8,12H2,1-2H3. The molecule has 1 rings (SSSR count). The molecule has 1 amide bonds. The molecular formula is C11H16N2O2. The molecule has 82 valence electrons. The normalized spacial score (nSPS) is 10.0. The van der Waals surface area contributed by atoms with Gasteiger partial charge in [-0.25, -0.2) is 0 Å². The van der Waals surface area contributed by atoms with Gasteiger partial charge in [-0.1, -0.05) is 12.1 Å². The van der Waals surface area contributed by atoms with Crippen LogP contribution in [0.15, 0.2) is 24.3 Å². The molecule has 1 aromatic rings. The number of nitrogens with zero attached hydrogens (tertiary/aromatic N) is 1. The van der Waals surface area contributed by atoms with E-state index >= 15 is 0 Å². The summed E-state index contributed by atoms with van der Waals surface area (Å²) in [5, 5.41) is 0. The topological polar surface area (TPSA) is 55.6 Å². The van der Waals surface area contributed by atoms with Gasteiger partial charge in [0.05, 0.1) is 11.4 Å². The summed E-state index contributed by atoms with van der Waals surface area (Å²) in [7, 11) is 1.69. The van der Waals surface area contributed by atoms with Crippen LogP contribution in [-0.4, -0.2) is 26.2 Å². The minimum atomic E-state index is -0.102. The van der Waals surface area contributed by atoms with E-state index in [0.717, 1.165) is 0 Å². The maximum Gasteiger partial charge on any atom is 0.252 e. The van der Waals surface area contributed by atoms with Crippen molar-refractivity contribution in [3.8, 4) is 0 Å². The summed E-state index contributed by atoms with van der Waals surface area (Å²) in [4.78, 5) is 13.1. The fourth-order valence-corrected chi connectivity index (χ4v) is 1.21. The third kappa shape index (κ3) is 2.95. The van der Waals surface area contributed by atoms with Gasteiger partial charge < -0.3 is 15.4 Å². The maximum atomic E-state index is 11.6. The van der Waals surface area contributed by atoms with Gasteiger partial charge in [0.1, 0.15) is 6.61 Å². The zero-order chi connectivity index (χ0) is 11.3. The molecule has 0 spiro atoms. The van der Waals surface area contributed by atoms with E-state index in [1.54, 1.807) is 19.2 Å². The zero-order valence-electron chi connectivity index (χ0n) is 9.06. The molecule has 0 aromatic heterocycles. The number of benzene rings is 1. The van der Waals surface area contributed by atoms with Gasteiger partial charge in [0.15, 0.2) is 0 Å². The van der Waals surface area contributed by atoms with Crippen molar-refractivity contribution in [1.82, 2.24) is 0 Å². The largest absolute Gasteiger partial charge is 0.397 e. The van der Waals surface area contributed by atoms with Crippen molar-refractivity contribution >= 4 is 17.3 Å². The van der Waals surface area contributed by atoms with Crippen molar-refractivity contribution in [2.75, 3.05) is 30.9 Å². The van der Waals surface area contributed by atoms with Crippen molar-refractivity contribution in [2.24, 2.45) is 0 Å². The van der Waals surface area contributed by atoms with E-state index in [4.69, 9.17) is 10.5 Å². The number of ether oxygens (including phenoxy) is 1. The summed E-state index contributed by atoms with van der Waals surface area (Å²) >= 11 is 0. The number of hydrogen-bond donors (Lipinski definition) is 1. The first kappa shape index (κ1) is 11.5. The molecule has 0 aliphatic heterocycles. The van der Waals surface area contributed by atoms with E-state index in [1.165, 1.54) is 4.90 Å². The fraction of sp³-hybridized carbons (Fsp3) is 0.364. The summed E-state index contributed by atoms with van der Waals surface area (Å²) in [6.45, 7) is 2.47. The number of likely N-dealkylation sites (N-methyl/N-ethyl adjacent to an activating group) is 1. The number of rotatable bonds is 4. The Bertz CT molecular complexity index is 339. The third-order valence-electron chi connectivity index (χ3n) is 2.10. The number of hydrogen-bond acceptors (Lipinski definition) is 3.